The number of phenolic OH excluding ortho intramolecular Hbond substituents is 1. The number of halogens is 3. The number of carbonyl (C=O) groups is 2. The van der Waals surface area contributed by atoms with Gasteiger partial charge in [0.2, 0.25) is 0 Å². The molecule has 54 heavy (non-hydrogen) atoms. The number of aromatic hydroxyl groups is 1. The number of esters is 1. The van der Waals surface area contributed by atoms with Crippen LogP contribution in [0.5, 0.6) is 11.8 Å². The Kier molecular flexibility index (Phi) is 8.15. The second-order valence-corrected chi connectivity index (χ2v) is 15.7. The number of rotatable bonds is 7. The van der Waals surface area contributed by atoms with Crippen molar-refractivity contribution in [2.24, 2.45) is 11.8 Å². The van der Waals surface area contributed by atoms with E-state index in [2.05, 4.69) is 20.8 Å². The highest BCUT2D eigenvalue weighted by Crippen LogP contribution is 2.43. The number of ether oxygens (including phenoxy) is 2. The average molecular weight is 741 g/mol. The van der Waals surface area contributed by atoms with E-state index in [9.17, 15) is 23.5 Å². The van der Waals surface area contributed by atoms with Crippen LogP contribution in [0.1, 0.15) is 51.5 Å². The minimum absolute atomic E-state index is 0.0388. The number of aromatic nitrogens is 3. The van der Waals surface area contributed by atoms with E-state index in [-0.39, 0.29) is 81.4 Å². The number of phenols is 1. The van der Waals surface area contributed by atoms with Gasteiger partial charge in [0.25, 0.3) is 5.91 Å². The van der Waals surface area contributed by atoms with Crippen LogP contribution >= 0.6 is 0 Å². The van der Waals surface area contributed by atoms with Crippen molar-refractivity contribution in [1.82, 2.24) is 24.8 Å². The number of nitrogens with zero attached hydrogens (tertiary/aromatic N) is 6. The van der Waals surface area contributed by atoms with E-state index in [1.54, 1.807) is 0 Å². The number of fused-ring (bicyclic) bond motifs is 5. The topological polar surface area (TPSA) is 121 Å². The number of hydrogen-bond acceptors (Lipinski definition) is 10. The maximum Gasteiger partial charge on any atom is 0.319 e. The molecule has 5 saturated heterocycles. The van der Waals surface area contributed by atoms with Crippen molar-refractivity contribution in [3.63, 3.8) is 0 Å². The van der Waals surface area contributed by atoms with Crippen LogP contribution in [0.25, 0.3) is 32.9 Å². The van der Waals surface area contributed by atoms with Gasteiger partial charge < -0.3 is 24.4 Å². The number of terminal acetylenes is 1. The highest BCUT2D eigenvalue weighted by Gasteiger charge is 2.54. The summed E-state index contributed by atoms with van der Waals surface area (Å²) in [6, 6.07) is 4.83. The summed E-state index contributed by atoms with van der Waals surface area (Å²) >= 11 is 0. The van der Waals surface area contributed by atoms with Crippen molar-refractivity contribution in [3.8, 4) is 35.4 Å². The summed E-state index contributed by atoms with van der Waals surface area (Å²) in [4.78, 5) is 45.8. The van der Waals surface area contributed by atoms with Gasteiger partial charge in [-0.1, -0.05) is 25.8 Å². The molecule has 2 aromatic carbocycles. The van der Waals surface area contributed by atoms with E-state index < -0.39 is 35.4 Å². The normalized spacial score (nSPS) is 27.7. The number of benzene rings is 2. The molecule has 0 radical (unpaired) electrons. The number of hydrogen-bond donors (Lipinski definition) is 1. The molecular weight excluding hydrogens is 701 g/mol. The van der Waals surface area contributed by atoms with Gasteiger partial charge in [0.1, 0.15) is 47.3 Å². The summed E-state index contributed by atoms with van der Waals surface area (Å²) < 4.78 is 58.3. The minimum Gasteiger partial charge on any atom is -0.508 e. The number of cyclic esters (lactones) is 1. The first-order valence-corrected chi connectivity index (χ1v) is 18.5. The zero-order valence-corrected chi connectivity index (χ0v) is 29.9. The Balaban J connectivity index is 1.12. The molecular formula is C40H39F3N6O5. The van der Waals surface area contributed by atoms with E-state index in [0.29, 0.717) is 37.3 Å². The van der Waals surface area contributed by atoms with Crippen molar-refractivity contribution in [2.75, 3.05) is 37.7 Å². The Labute approximate surface area is 309 Å². The molecule has 9 rings (SSSR count). The zero-order valence-electron chi connectivity index (χ0n) is 29.9. The van der Waals surface area contributed by atoms with E-state index in [0.717, 1.165) is 32.2 Å². The molecule has 2 aromatic heterocycles. The van der Waals surface area contributed by atoms with Crippen LogP contribution in [0, 0.1) is 35.8 Å². The molecule has 2 bridgehead atoms. The summed E-state index contributed by atoms with van der Waals surface area (Å²) in [5, 5.41) is 11.5. The Morgan fingerprint density at radius 2 is 1.94 bits per heavy atom. The molecule has 5 aliphatic rings. The number of pyridine rings is 1. The first kappa shape index (κ1) is 34.6. The average Bonchev–Trinajstić information content (AvgIpc) is 3.75. The lowest BCUT2D eigenvalue weighted by atomic mass is 9.85. The van der Waals surface area contributed by atoms with Crippen LogP contribution in [-0.4, -0.2) is 104 Å². The molecule has 280 valence electrons. The molecule has 1 amide bonds. The number of piperazine rings is 1. The van der Waals surface area contributed by atoms with Gasteiger partial charge in [-0.2, -0.15) is 9.97 Å². The molecule has 1 N–H and O–H groups in total. The van der Waals surface area contributed by atoms with Crippen LogP contribution in [0.15, 0.2) is 30.5 Å². The van der Waals surface area contributed by atoms with Crippen LogP contribution < -0.4 is 9.64 Å². The van der Waals surface area contributed by atoms with E-state index >= 15 is 4.39 Å². The zero-order chi connectivity index (χ0) is 37.6. The fourth-order valence-corrected chi connectivity index (χ4v) is 9.65. The number of amides is 1. The summed E-state index contributed by atoms with van der Waals surface area (Å²) in [5.41, 5.74) is -0.847. The van der Waals surface area contributed by atoms with Gasteiger partial charge in [-0.15, -0.1) is 6.42 Å². The predicted molar refractivity (Wildman–Crippen MR) is 192 cm³/mol. The standard InChI is InChI=1S/C40H39F3N6O5/c1-4-26-29(42)9-6-21-12-25(50)13-27(31(21)26)33-32(43)34-28(15-44-33)36(46-39(45-34)53-19-40-10-5-11-48(40)16-22(41)14-40)47-17-23-7-8-24(18-47)49(23)37(51)35-30(20(2)3)38(52)54-35/h1,6,9,12-13,15,20,22-24,30,35,50H,5,7-8,10-11,14,16-19H2,2-3H3. The fourth-order valence-electron chi connectivity index (χ4n) is 9.65. The van der Waals surface area contributed by atoms with E-state index in [4.69, 9.17) is 20.9 Å². The molecule has 14 heteroatoms. The molecule has 5 fully saturated rings. The van der Waals surface area contributed by atoms with Gasteiger partial charge >= 0.3 is 12.0 Å². The molecule has 4 aromatic rings. The third kappa shape index (κ3) is 5.33. The van der Waals surface area contributed by atoms with Gasteiger partial charge in [0, 0.05) is 55.3 Å². The molecule has 11 nitrogen and oxygen atoms in total. The first-order chi connectivity index (χ1) is 26.0. The third-order valence-corrected chi connectivity index (χ3v) is 12.2. The molecule has 6 unspecified atom stereocenters. The van der Waals surface area contributed by atoms with Crippen LogP contribution in [-0.2, 0) is 14.3 Å². The fraction of sp³-hybridized carbons (Fsp3) is 0.475. The van der Waals surface area contributed by atoms with E-state index in [1.165, 1.54) is 30.5 Å². The van der Waals surface area contributed by atoms with Crippen molar-refractivity contribution in [1.29, 1.82) is 0 Å². The Hall–Kier alpha value is -5.16. The van der Waals surface area contributed by atoms with Gasteiger partial charge in [0.15, 0.2) is 11.9 Å². The van der Waals surface area contributed by atoms with Crippen molar-refractivity contribution < 1.29 is 37.3 Å². The largest absolute Gasteiger partial charge is 0.508 e. The van der Waals surface area contributed by atoms with Crippen molar-refractivity contribution >= 4 is 39.4 Å². The maximum atomic E-state index is 17.1. The number of anilines is 1. The highest BCUT2D eigenvalue weighted by atomic mass is 19.1. The lowest BCUT2D eigenvalue weighted by Gasteiger charge is -2.45. The van der Waals surface area contributed by atoms with Crippen molar-refractivity contribution in [2.45, 2.75) is 75.8 Å². The van der Waals surface area contributed by atoms with Crippen LogP contribution in [0.2, 0.25) is 0 Å². The summed E-state index contributed by atoms with van der Waals surface area (Å²) in [6.07, 6.45) is 8.80. The molecule has 0 aliphatic carbocycles. The Morgan fingerprint density at radius 3 is 2.67 bits per heavy atom. The molecule has 0 saturated carbocycles. The highest BCUT2D eigenvalue weighted by molar-refractivity contribution is 6.03. The minimum atomic E-state index is -0.975. The molecule has 5 aliphatic heterocycles. The van der Waals surface area contributed by atoms with Crippen LogP contribution in [0.4, 0.5) is 19.0 Å². The summed E-state index contributed by atoms with van der Waals surface area (Å²) in [7, 11) is 0. The second-order valence-electron chi connectivity index (χ2n) is 15.7. The van der Waals surface area contributed by atoms with Gasteiger partial charge in [-0.25, -0.2) is 13.2 Å². The quantitative estimate of drug-likeness (QED) is 0.202. The third-order valence-electron chi connectivity index (χ3n) is 12.2. The first-order valence-electron chi connectivity index (χ1n) is 18.5. The molecule has 0 spiro atoms. The molecule has 6 atom stereocenters. The predicted octanol–water partition coefficient (Wildman–Crippen LogP) is 5.14. The number of alkyl halides is 1. The monoisotopic (exact) mass is 740 g/mol. The number of carbonyl (C=O) groups excluding carboxylic acids is 2. The van der Waals surface area contributed by atoms with Gasteiger partial charge in [0.05, 0.1) is 16.5 Å². The lowest BCUT2D eigenvalue weighted by molar-refractivity contribution is -0.197. The van der Waals surface area contributed by atoms with Gasteiger partial charge in [-0.3, -0.25) is 19.5 Å². The molecule has 7 heterocycles. The smallest absolute Gasteiger partial charge is 0.319 e. The van der Waals surface area contributed by atoms with Crippen molar-refractivity contribution in [3.05, 3.63) is 47.7 Å². The van der Waals surface area contributed by atoms with E-state index in [1.807, 2.05) is 23.6 Å². The van der Waals surface area contributed by atoms with Crippen LogP contribution in [0.3, 0.4) is 0 Å². The summed E-state index contributed by atoms with van der Waals surface area (Å²) in [6.45, 7) is 5.75. The lowest BCUT2D eigenvalue weighted by Crippen LogP contribution is -2.63. The SMILES string of the molecule is C#Cc1c(F)ccc2cc(O)cc(-c3ncc4c(N5CC6CCC(C5)N6C(=O)C5OC(=O)C5C(C)C)nc(OCC56CCCN5CC(F)C6)nc4c3F)c12. The van der Waals surface area contributed by atoms with Gasteiger partial charge in [-0.05, 0) is 61.7 Å². The second kappa shape index (κ2) is 12.7. The Bertz CT molecular complexity index is 2270. The Morgan fingerprint density at radius 1 is 1.17 bits per heavy atom. The summed E-state index contributed by atoms with van der Waals surface area (Å²) in [5.74, 6) is -0.0805. The maximum absolute atomic E-state index is 17.1.